The van der Waals surface area contributed by atoms with Crippen LogP contribution in [0.15, 0.2) is 47.9 Å². The molecule has 0 unspecified atom stereocenters. The minimum atomic E-state index is -1.51. The van der Waals surface area contributed by atoms with Crippen LogP contribution in [-0.4, -0.2) is 42.6 Å². The molecule has 6 N–H and O–H groups in total. The van der Waals surface area contributed by atoms with Crippen molar-refractivity contribution in [2.75, 3.05) is 0 Å². The molecule has 0 aliphatic carbocycles. The van der Waals surface area contributed by atoms with Crippen LogP contribution >= 0.6 is 0 Å². The fourth-order valence-electron chi connectivity index (χ4n) is 2.55. The van der Waals surface area contributed by atoms with Crippen LogP contribution in [0.5, 0.6) is 23.0 Å². The molecule has 2 aromatic carbocycles. The van der Waals surface area contributed by atoms with Gasteiger partial charge in [0.1, 0.15) is 16.9 Å². The quantitative estimate of drug-likeness (QED) is 0.268. The number of carbonyl (C=O) groups excluding carboxylic acids is 1. The van der Waals surface area contributed by atoms with E-state index in [9.17, 15) is 40.2 Å². The molecule has 0 aromatic heterocycles. The lowest BCUT2D eigenvalue weighted by Gasteiger charge is -2.07. The zero-order valence-electron chi connectivity index (χ0n) is 13.4. The van der Waals surface area contributed by atoms with Gasteiger partial charge in [0.25, 0.3) is 0 Å². The van der Waals surface area contributed by atoms with Crippen molar-refractivity contribution in [3.63, 3.8) is 0 Å². The summed E-state index contributed by atoms with van der Waals surface area (Å²) in [6.45, 7) is 0. The second kappa shape index (κ2) is 6.30. The van der Waals surface area contributed by atoms with Gasteiger partial charge in [0.2, 0.25) is 0 Å². The van der Waals surface area contributed by atoms with Crippen molar-refractivity contribution in [3.8, 4) is 23.0 Å². The van der Waals surface area contributed by atoms with Gasteiger partial charge in [0.15, 0.2) is 28.8 Å². The Morgan fingerprint density at radius 2 is 1.44 bits per heavy atom. The van der Waals surface area contributed by atoms with Gasteiger partial charge in [-0.3, -0.25) is 0 Å². The Kier molecular flexibility index (Phi) is 4.12. The topological polar surface area (TPSA) is 165 Å². The molecule has 0 atom stereocenters. The molecule has 2 aromatic rings. The summed E-state index contributed by atoms with van der Waals surface area (Å²) in [7, 11) is 0. The second-order valence-corrected chi connectivity index (χ2v) is 5.53. The maximum atomic E-state index is 12.2. The van der Waals surface area contributed by atoms with Gasteiger partial charge >= 0.3 is 11.9 Å². The number of aliphatic carboxylic acids is 1. The number of esters is 1. The van der Waals surface area contributed by atoms with E-state index in [-0.39, 0.29) is 16.9 Å². The van der Waals surface area contributed by atoms with Gasteiger partial charge in [-0.1, -0.05) is 12.1 Å². The molecule has 0 fully saturated rings. The Morgan fingerprint density at radius 3 is 1.96 bits per heavy atom. The standard InChI is InChI=1S/C18H12O9/c19-9-3-1-7(2-4-9)13(17(24)25)16-15(23)12(18(26)27-16)8-5-10(20)14(22)11(21)6-8/h1-6,19-23H,(H,24,25)/b16-13+. The smallest absolute Gasteiger partial charge is 0.348 e. The number of cyclic esters (lactones) is 1. The average Bonchev–Trinajstić information content (AvgIpc) is 2.88. The van der Waals surface area contributed by atoms with Gasteiger partial charge in [-0.15, -0.1) is 0 Å². The summed E-state index contributed by atoms with van der Waals surface area (Å²) in [6, 6.07) is 6.73. The summed E-state index contributed by atoms with van der Waals surface area (Å²) in [5.41, 5.74) is -1.20. The predicted octanol–water partition coefficient (Wildman–Crippen LogP) is 1.83. The summed E-state index contributed by atoms with van der Waals surface area (Å²) < 4.78 is 4.91. The number of carboxylic acid groups (broad SMARTS) is 1. The summed E-state index contributed by atoms with van der Waals surface area (Å²) in [6.07, 6.45) is 0. The van der Waals surface area contributed by atoms with Crippen LogP contribution in [0.2, 0.25) is 0 Å². The zero-order valence-corrected chi connectivity index (χ0v) is 13.4. The van der Waals surface area contributed by atoms with E-state index < -0.39 is 51.9 Å². The Balaban J connectivity index is 2.23. The molecule has 1 aliphatic rings. The number of aliphatic hydroxyl groups is 1. The number of hydrogen-bond acceptors (Lipinski definition) is 8. The minimum Gasteiger partial charge on any atom is -0.508 e. The van der Waals surface area contributed by atoms with E-state index in [1.165, 1.54) is 24.3 Å². The van der Waals surface area contributed by atoms with E-state index in [4.69, 9.17) is 4.74 Å². The molecular weight excluding hydrogens is 360 g/mol. The molecule has 9 heteroatoms. The van der Waals surface area contributed by atoms with E-state index in [1.807, 2.05) is 0 Å². The molecule has 9 nitrogen and oxygen atoms in total. The van der Waals surface area contributed by atoms with Crippen LogP contribution in [0.3, 0.4) is 0 Å². The molecule has 0 radical (unpaired) electrons. The fraction of sp³-hybridized carbons (Fsp3) is 0. The van der Waals surface area contributed by atoms with Gasteiger partial charge in [-0.2, -0.15) is 0 Å². The maximum Gasteiger partial charge on any atom is 0.348 e. The number of carbonyl (C=O) groups is 2. The highest BCUT2D eigenvalue weighted by Crippen LogP contribution is 2.42. The Bertz CT molecular complexity index is 1010. The van der Waals surface area contributed by atoms with E-state index in [2.05, 4.69) is 0 Å². The van der Waals surface area contributed by atoms with E-state index in [0.29, 0.717) is 0 Å². The number of phenols is 4. The monoisotopic (exact) mass is 372 g/mol. The van der Waals surface area contributed by atoms with Crippen molar-refractivity contribution < 1.29 is 45.0 Å². The lowest BCUT2D eigenvalue weighted by Crippen LogP contribution is -2.06. The van der Waals surface area contributed by atoms with Crippen LogP contribution in [0.4, 0.5) is 0 Å². The lowest BCUT2D eigenvalue weighted by atomic mass is 10.0. The van der Waals surface area contributed by atoms with Crippen molar-refractivity contribution in [1.82, 2.24) is 0 Å². The van der Waals surface area contributed by atoms with Crippen molar-refractivity contribution in [2.45, 2.75) is 0 Å². The molecule has 0 bridgehead atoms. The number of ether oxygens (including phenoxy) is 1. The number of rotatable bonds is 3. The van der Waals surface area contributed by atoms with Gasteiger partial charge in [-0.05, 0) is 29.8 Å². The Morgan fingerprint density at radius 1 is 0.889 bits per heavy atom. The molecule has 0 spiro atoms. The number of aliphatic hydroxyl groups excluding tert-OH is 1. The van der Waals surface area contributed by atoms with Gasteiger partial charge in [0, 0.05) is 5.56 Å². The fourth-order valence-corrected chi connectivity index (χ4v) is 2.55. The van der Waals surface area contributed by atoms with E-state index in [1.54, 1.807) is 0 Å². The molecule has 0 amide bonds. The average molecular weight is 372 g/mol. The second-order valence-electron chi connectivity index (χ2n) is 5.53. The Hall–Kier alpha value is -4.14. The largest absolute Gasteiger partial charge is 0.508 e. The summed E-state index contributed by atoms with van der Waals surface area (Å²) >= 11 is 0. The third-order valence-electron chi connectivity index (χ3n) is 3.81. The number of benzene rings is 2. The third-order valence-corrected chi connectivity index (χ3v) is 3.81. The van der Waals surface area contributed by atoms with Gasteiger partial charge in [-0.25, -0.2) is 9.59 Å². The van der Waals surface area contributed by atoms with E-state index >= 15 is 0 Å². The van der Waals surface area contributed by atoms with E-state index in [0.717, 1.165) is 12.1 Å². The molecular formula is C18H12O9. The molecule has 27 heavy (non-hydrogen) atoms. The SMILES string of the molecule is O=C1O/C(=C(/C(=O)O)c2ccc(O)cc2)C(O)=C1c1cc(O)c(O)c(O)c1. The molecule has 0 saturated heterocycles. The molecule has 0 saturated carbocycles. The normalized spacial score (nSPS) is 15.6. The van der Waals surface area contributed by atoms with Crippen LogP contribution in [0.25, 0.3) is 11.1 Å². The van der Waals surface area contributed by atoms with Crippen molar-refractivity contribution in [2.24, 2.45) is 0 Å². The number of hydrogen-bond donors (Lipinski definition) is 6. The first-order chi connectivity index (χ1) is 12.7. The van der Waals surface area contributed by atoms with Crippen molar-refractivity contribution >= 4 is 23.1 Å². The van der Waals surface area contributed by atoms with Crippen LogP contribution in [0, 0.1) is 0 Å². The summed E-state index contributed by atoms with van der Waals surface area (Å²) in [5.74, 6) is -6.55. The summed E-state index contributed by atoms with van der Waals surface area (Å²) in [4.78, 5) is 23.8. The number of carboxylic acids is 1. The van der Waals surface area contributed by atoms with Crippen LogP contribution in [-0.2, 0) is 14.3 Å². The third kappa shape index (κ3) is 2.97. The number of phenolic OH excluding ortho intramolecular Hbond substituents is 4. The molecule has 1 heterocycles. The van der Waals surface area contributed by atoms with Crippen molar-refractivity contribution in [3.05, 3.63) is 59.0 Å². The first kappa shape index (κ1) is 17.7. The van der Waals surface area contributed by atoms with Gasteiger partial charge in [0.05, 0.1) is 0 Å². The maximum absolute atomic E-state index is 12.2. The zero-order chi connectivity index (χ0) is 19.9. The minimum absolute atomic E-state index is 0.0484. The van der Waals surface area contributed by atoms with Crippen molar-refractivity contribution in [1.29, 1.82) is 0 Å². The highest BCUT2D eigenvalue weighted by molar-refractivity contribution is 6.25. The number of aromatic hydroxyl groups is 4. The highest BCUT2D eigenvalue weighted by Gasteiger charge is 2.36. The Labute approximate surface area is 150 Å². The lowest BCUT2D eigenvalue weighted by molar-refractivity contribution is -0.131. The predicted molar refractivity (Wildman–Crippen MR) is 89.7 cm³/mol. The van der Waals surface area contributed by atoms with Gasteiger partial charge < -0.3 is 35.4 Å². The first-order valence-electron chi connectivity index (χ1n) is 7.38. The molecule has 3 rings (SSSR count). The summed E-state index contributed by atoms with van der Waals surface area (Å²) in [5, 5.41) is 57.8. The first-order valence-corrected chi connectivity index (χ1v) is 7.38. The molecule has 1 aliphatic heterocycles. The van der Waals surface area contributed by atoms with Crippen LogP contribution < -0.4 is 0 Å². The highest BCUT2D eigenvalue weighted by atomic mass is 16.6. The molecule has 138 valence electrons. The van der Waals surface area contributed by atoms with Crippen LogP contribution in [0.1, 0.15) is 11.1 Å².